The van der Waals surface area contributed by atoms with Gasteiger partial charge in [0.1, 0.15) is 17.3 Å². The largest absolute Gasteiger partial charge is 0.495 e. The van der Waals surface area contributed by atoms with Gasteiger partial charge in [-0.2, -0.15) is 0 Å². The Kier molecular flexibility index (Phi) is 4.12. The van der Waals surface area contributed by atoms with Gasteiger partial charge < -0.3 is 10.1 Å². The minimum atomic E-state index is -0.245. The molecule has 100 valence electrons. The lowest BCUT2D eigenvalue weighted by Crippen LogP contribution is -2.20. The van der Waals surface area contributed by atoms with E-state index in [0.717, 1.165) is 16.8 Å². The van der Waals surface area contributed by atoms with Crippen LogP contribution in [-0.4, -0.2) is 19.1 Å². The average Bonchev–Trinajstić information content (AvgIpc) is 2.39. The Morgan fingerprint density at radius 2 is 2.11 bits per heavy atom. The summed E-state index contributed by atoms with van der Waals surface area (Å²) in [6.45, 7) is 1.87. The van der Waals surface area contributed by atoms with E-state index in [-0.39, 0.29) is 11.9 Å². The number of ether oxygens (including phenoxy) is 1. The Morgan fingerprint density at radius 1 is 1.32 bits per heavy atom. The first-order valence-electron chi connectivity index (χ1n) is 6.09. The van der Waals surface area contributed by atoms with Crippen LogP contribution in [0, 0.1) is 12.7 Å². The van der Waals surface area contributed by atoms with Gasteiger partial charge in [-0.3, -0.25) is 4.98 Å². The van der Waals surface area contributed by atoms with Gasteiger partial charge in [0, 0.05) is 6.20 Å². The molecule has 0 saturated heterocycles. The number of nitrogens with zero attached hydrogens (tertiary/aromatic N) is 1. The van der Waals surface area contributed by atoms with Crippen molar-refractivity contribution < 1.29 is 9.13 Å². The molecule has 2 aromatic rings. The molecule has 3 nitrogen and oxygen atoms in total. The number of pyridine rings is 1. The van der Waals surface area contributed by atoms with E-state index in [2.05, 4.69) is 10.3 Å². The van der Waals surface area contributed by atoms with Crippen LogP contribution >= 0.6 is 0 Å². The highest BCUT2D eigenvalue weighted by Gasteiger charge is 2.18. The molecular formula is C15H17FN2O. The van der Waals surface area contributed by atoms with Crippen LogP contribution in [0.4, 0.5) is 4.39 Å². The summed E-state index contributed by atoms with van der Waals surface area (Å²) in [5.41, 5.74) is 2.46. The van der Waals surface area contributed by atoms with Crippen molar-refractivity contribution in [1.82, 2.24) is 10.3 Å². The van der Waals surface area contributed by atoms with Crippen molar-refractivity contribution in [3.8, 4) is 5.75 Å². The predicted octanol–water partition coefficient (Wildman–Crippen LogP) is 2.85. The molecule has 1 unspecified atom stereocenters. The van der Waals surface area contributed by atoms with Crippen LogP contribution in [0.2, 0.25) is 0 Å². The van der Waals surface area contributed by atoms with Crippen LogP contribution in [0.5, 0.6) is 5.75 Å². The van der Waals surface area contributed by atoms with E-state index in [0.29, 0.717) is 5.75 Å². The molecule has 0 saturated carbocycles. The highest BCUT2D eigenvalue weighted by atomic mass is 19.1. The third kappa shape index (κ3) is 2.90. The SMILES string of the molecule is CNC(c1cc(C)cc(F)c1)c1ncccc1OC. The van der Waals surface area contributed by atoms with Crippen LogP contribution in [0.1, 0.15) is 22.9 Å². The fraction of sp³-hybridized carbons (Fsp3) is 0.267. The molecule has 0 aliphatic heterocycles. The molecule has 0 aliphatic carbocycles. The number of rotatable bonds is 4. The van der Waals surface area contributed by atoms with E-state index >= 15 is 0 Å². The fourth-order valence-electron chi connectivity index (χ4n) is 2.18. The lowest BCUT2D eigenvalue weighted by atomic mass is 10.0. The zero-order valence-corrected chi connectivity index (χ0v) is 11.3. The predicted molar refractivity (Wildman–Crippen MR) is 72.8 cm³/mol. The number of methoxy groups -OCH3 is 1. The van der Waals surface area contributed by atoms with E-state index in [1.165, 1.54) is 12.1 Å². The molecule has 0 aliphatic rings. The van der Waals surface area contributed by atoms with Crippen LogP contribution in [0.15, 0.2) is 36.5 Å². The van der Waals surface area contributed by atoms with Crippen molar-refractivity contribution in [3.05, 3.63) is 59.2 Å². The lowest BCUT2D eigenvalue weighted by molar-refractivity contribution is 0.401. The Morgan fingerprint density at radius 3 is 2.74 bits per heavy atom. The summed E-state index contributed by atoms with van der Waals surface area (Å²) in [5, 5.41) is 3.15. The monoisotopic (exact) mass is 260 g/mol. The van der Waals surface area contributed by atoms with Crippen molar-refractivity contribution >= 4 is 0 Å². The minimum absolute atomic E-state index is 0.203. The third-order valence-corrected chi connectivity index (χ3v) is 2.98. The normalized spacial score (nSPS) is 12.2. The second-order valence-electron chi connectivity index (χ2n) is 4.37. The van der Waals surface area contributed by atoms with Gasteiger partial charge in [0.2, 0.25) is 0 Å². The van der Waals surface area contributed by atoms with Crippen molar-refractivity contribution in [2.24, 2.45) is 0 Å². The van der Waals surface area contributed by atoms with Crippen molar-refractivity contribution in [1.29, 1.82) is 0 Å². The molecule has 0 radical (unpaired) electrons. The summed E-state index contributed by atoms with van der Waals surface area (Å²) < 4.78 is 18.9. The van der Waals surface area contributed by atoms with Gasteiger partial charge in [-0.25, -0.2) is 4.39 Å². The van der Waals surface area contributed by atoms with Gasteiger partial charge in [0.15, 0.2) is 0 Å². The maximum atomic E-state index is 13.5. The van der Waals surface area contributed by atoms with E-state index in [1.807, 2.05) is 32.2 Å². The summed E-state index contributed by atoms with van der Waals surface area (Å²) >= 11 is 0. The van der Waals surface area contributed by atoms with Crippen LogP contribution in [0.25, 0.3) is 0 Å². The summed E-state index contributed by atoms with van der Waals surface area (Å²) in [7, 11) is 3.42. The number of hydrogen-bond acceptors (Lipinski definition) is 3. The molecule has 4 heteroatoms. The molecule has 0 bridgehead atoms. The van der Waals surface area contributed by atoms with E-state index in [1.54, 1.807) is 13.3 Å². The summed E-state index contributed by atoms with van der Waals surface area (Å²) in [6.07, 6.45) is 1.70. The topological polar surface area (TPSA) is 34.2 Å². The van der Waals surface area contributed by atoms with Gasteiger partial charge in [-0.05, 0) is 49.4 Å². The molecule has 0 spiro atoms. The van der Waals surface area contributed by atoms with Gasteiger partial charge in [0.25, 0.3) is 0 Å². The molecule has 1 N–H and O–H groups in total. The summed E-state index contributed by atoms with van der Waals surface area (Å²) in [4.78, 5) is 4.35. The van der Waals surface area contributed by atoms with Crippen molar-refractivity contribution in [2.45, 2.75) is 13.0 Å². The number of benzene rings is 1. The Balaban J connectivity index is 2.49. The first-order chi connectivity index (χ1) is 9.15. The highest BCUT2D eigenvalue weighted by Crippen LogP contribution is 2.28. The molecule has 1 atom stereocenters. The molecule has 1 aromatic heterocycles. The van der Waals surface area contributed by atoms with E-state index < -0.39 is 0 Å². The van der Waals surface area contributed by atoms with Gasteiger partial charge in [-0.15, -0.1) is 0 Å². The van der Waals surface area contributed by atoms with Gasteiger partial charge in [0.05, 0.1) is 13.2 Å². The number of aryl methyl sites for hydroxylation is 1. The minimum Gasteiger partial charge on any atom is -0.495 e. The van der Waals surface area contributed by atoms with Crippen molar-refractivity contribution in [3.63, 3.8) is 0 Å². The first-order valence-corrected chi connectivity index (χ1v) is 6.09. The summed E-state index contributed by atoms with van der Waals surface area (Å²) in [6, 6.07) is 8.42. The zero-order valence-electron chi connectivity index (χ0n) is 11.3. The zero-order chi connectivity index (χ0) is 13.8. The Hall–Kier alpha value is -1.94. The van der Waals surface area contributed by atoms with Gasteiger partial charge >= 0.3 is 0 Å². The van der Waals surface area contributed by atoms with E-state index in [9.17, 15) is 4.39 Å². The molecule has 2 rings (SSSR count). The number of nitrogens with one attached hydrogen (secondary N) is 1. The maximum Gasteiger partial charge on any atom is 0.142 e. The van der Waals surface area contributed by atoms with Crippen LogP contribution in [0.3, 0.4) is 0 Å². The summed E-state index contributed by atoms with van der Waals surface area (Å²) in [5.74, 6) is 0.439. The first kappa shape index (κ1) is 13.5. The van der Waals surface area contributed by atoms with Crippen LogP contribution < -0.4 is 10.1 Å². The maximum absolute atomic E-state index is 13.5. The van der Waals surface area contributed by atoms with Gasteiger partial charge in [-0.1, -0.05) is 6.07 Å². The van der Waals surface area contributed by atoms with E-state index in [4.69, 9.17) is 4.74 Å². The Bertz CT molecular complexity index is 552. The fourth-order valence-corrected chi connectivity index (χ4v) is 2.18. The van der Waals surface area contributed by atoms with Crippen molar-refractivity contribution in [2.75, 3.05) is 14.2 Å². The average molecular weight is 260 g/mol. The molecule has 0 fully saturated rings. The molecule has 19 heavy (non-hydrogen) atoms. The third-order valence-electron chi connectivity index (χ3n) is 2.98. The molecular weight excluding hydrogens is 243 g/mol. The highest BCUT2D eigenvalue weighted by molar-refractivity contribution is 5.38. The molecule has 1 aromatic carbocycles. The number of aromatic nitrogens is 1. The molecule has 1 heterocycles. The second kappa shape index (κ2) is 5.80. The number of hydrogen-bond donors (Lipinski definition) is 1. The Labute approximate surface area is 112 Å². The second-order valence-corrected chi connectivity index (χ2v) is 4.37. The quantitative estimate of drug-likeness (QED) is 0.918. The number of halogens is 1. The smallest absolute Gasteiger partial charge is 0.142 e. The molecule has 0 amide bonds. The lowest BCUT2D eigenvalue weighted by Gasteiger charge is -2.19. The standard InChI is InChI=1S/C15H17FN2O/c1-10-7-11(9-12(16)8-10)14(17-2)15-13(19-3)5-4-6-18-15/h4-9,14,17H,1-3H3. The van der Waals surface area contributed by atoms with Crippen LogP contribution in [-0.2, 0) is 0 Å².